The van der Waals surface area contributed by atoms with E-state index in [4.69, 9.17) is 4.74 Å². The number of hydrogen-bond acceptors (Lipinski definition) is 7. The van der Waals surface area contributed by atoms with Gasteiger partial charge in [-0.1, -0.05) is 30.3 Å². The van der Waals surface area contributed by atoms with Gasteiger partial charge in [0.25, 0.3) is 11.4 Å². The Morgan fingerprint density at radius 1 is 1.08 bits per heavy atom. The second kappa shape index (κ2) is 8.06. The third-order valence-electron chi connectivity index (χ3n) is 3.38. The summed E-state index contributed by atoms with van der Waals surface area (Å²) in [5.41, 5.74) is -0.844. The monoisotopic (exact) mass is 359 g/mol. The van der Waals surface area contributed by atoms with Gasteiger partial charge in [0.2, 0.25) is 0 Å². The maximum Gasteiger partial charge on any atom is 0.338 e. The molecule has 0 atom stereocenters. The molecule has 0 aliphatic heterocycles. The molecule has 0 heterocycles. The molecule has 0 amide bonds. The number of rotatable bonds is 7. The summed E-state index contributed by atoms with van der Waals surface area (Å²) in [5, 5.41) is 25.5. The Bertz CT molecular complexity index is 801. The molecule has 0 spiro atoms. The summed E-state index contributed by atoms with van der Waals surface area (Å²) in [6.07, 6.45) is -0.462. The average molecular weight is 359 g/mol. The quantitative estimate of drug-likeness (QED) is 0.454. The Morgan fingerprint density at radius 2 is 1.62 bits per heavy atom. The zero-order chi connectivity index (χ0) is 19.3. The summed E-state index contributed by atoms with van der Waals surface area (Å²) in [6.45, 7) is 3.37. The van der Waals surface area contributed by atoms with Crippen LogP contribution in [0.4, 0.5) is 17.1 Å². The number of anilines is 1. The molecule has 0 fully saturated rings. The fraction of sp³-hybridized carbons (Fsp3) is 0.235. The summed E-state index contributed by atoms with van der Waals surface area (Å²) in [5.74, 6) is -0.860. The number of esters is 1. The first kappa shape index (κ1) is 18.8. The standard InChI is InChI=1S/C17H17N3O6/c1-11(2)26-17(21)13-8-14(19(22)23)16(15(9-13)20(24)25)18-10-12-6-4-3-5-7-12/h3-9,11,18H,10H2,1-2H3. The molecule has 26 heavy (non-hydrogen) atoms. The zero-order valence-corrected chi connectivity index (χ0v) is 14.2. The van der Waals surface area contributed by atoms with Gasteiger partial charge in [0.05, 0.1) is 21.5 Å². The maximum atomic E-state index is 12.0. The maximum absolute atomic E-state index is 12.0. The van der Waals surface area contributed by atoms with Crippen molar-refractivity contribution in [1.82, 2.24) is 0 Å². The zero-order valence-electron chi connectivity index (χ0n) is 14.2. The number of ether oxygens (including phenoxy) is 1. The lowest BCUT2D eigenvalue weighted by molar-refractivity contribution is -0.392. The Kier molecular flexibility index (Phi) is 5.84. The number of carbonyl (C=O) groups excluding carboxylic acids is 1. The predicted octanol–water partition coefficient (Wildman–Crippen LogP) is 3.68. The van der Waals surface area contributed by atoms with Gasteiger partial charge < -0.3 is 10.1 Å². The Morgan fingerprint density at radius 3 is 2.08 bits per heavy atom. The van der Waals surface area contributed by atoms with Crippen molar-refractivity contribution in [2.75, 3.05) is 5.32 Å². The van der Waals surface area contributed by atoms with Crippen LogP contribution >= 0.6 is 0 Å². The smallest absolute Gasteiger partial charge is 0.338 e. The molecule has 136 valence electrons. The number of carbonyl (C=O) groups is 1. The summed E-state index contributed by atoms with van der Waals surface area (Å²) in [6, 6.07) is 10.9. The molecule has 0 aromatic heterocycles. The van der Waals surface area contributed by atoms with E-state index in [0.717, 1.165) is 17.7 Å². The molecule has 0 radical (unpaired) electrons. The van der Waals surface area contributed by atoms with E-state index in [1.165, 1.54) is 0 Å². The van der Waals surface area contributed by atoms with Gasteiger partial charge in [0.15, 0.2) is 5.69 Å². The van der Waals surface area contributed by atoms with Crippen LogP contribution in [0.2, 0.25) is 0 Å². The normalized spacial score (nSPS) is 10.4. The van der Waals surface area contributed by atoms with Crippen molar-refractivity contribution in [2.24, 2.45) is 0 Å². The average Bonchev–Trinajstić information content (AvgIpc) is 2.59. The second-order valence-electron chi connectivity index (χ2n) is 5.70. The third kappa shape index (κ3) is 4.53. The highest BCUT2D eigenvalue weighted by molar-refractivity contribution is 5.94. The van der Waals surface area contributed by atoms with Gasteiger partial charge in [-0.15, -0.1) is 0 Å². The second-order valence-corrected chi connectivity index (χ2v) is 5.70. The molecule has 0 unspecified atom stereocenters. The SMILES string of the molecule is CC(C)OC(=O)c1cc([N+](=O)[O-])c(NCc2ccccc2)c([N+](=O)[O-])c1. The highest BCUT2D eigenvalue weighted by Crippen LogP contribution is 2.36. The molecule has 0 saturated carbocycles. The molecule has 0 saturated heterocycles. The van der Waals surface area contributed by atoms with Crippen LogP contribution < -0.4 is 5.32 Å². The van der Waals surface area contributed by atoms with Crippen molar-refractivity contribution in [3.05, 3.63) is 73.8 Å². The fourth-order valence-corrected chi connectivity index (χ4v) is 2.27. The fourth-order valence-electron chi connectivity index (χ4n) is 2.27. The van der Waals surface area contributed by atoms with Gasteiger partial charge >= 0.3 is 5.97 Å². The Balaban J connectivity index is 2.46. The van der Waals surface area contributed by atoms with E-state index >= 15 is 0 Å². The van der Waals surface area contributed by atoms with E-state index in [2.05, 4.69) is 5.32 Å². The van der Waals surface area contributed by atoms with Crippen LogP contribution in [-0.4, -0.2) is 21.9 Å². The number of hydrogen-bond donors (Lipinski definition) is 1. The first-order chi connectivity index (χ1) is 12.3. The number of nitrogens with one attached hydrogen (secondary N) is 1. The minimum Gasteiger partial charge on any atom is -0.459 e. The van der Waals surface area contributed by atoms with Crippen molar-refractivity contribution in [2.45, 2.75) is 26.5 Å². The molecule has 9 nitrogen and oxygen atoms in total. The van der Waals surface area contributed by atoms with Crippen LogP contribution in [0.1, 0.15) is 29.8 Å². The highest BCUT2D eigenvalue weighted by atomic mass is 16.6. The molecule has 1 N–H and O–H groups in total. The predicted molar refractivity (Wildman–Crippen MR) is 94.1 cm³/mol. The summed E-state index contributed by atoms with van der Waals surface area (Å²) in [7, 11) is 0. The van der Waals surface area contributed by atoms with E-state index in [-0.39, 0.29) is 17.8 Å². The van der Waals surface area contributed by atoms with E-state index in [9.17, 15) is 25.0 Å². The number of nitro groups is 2. The Labute approximate surface area is 148 Å². The van der Waals surface area contributed by atoms with Crippen molar-refractivity contribution in [3.8, 4) is 0 Å². The molecule has 9 heteroatoms. The minimum atomic E-state index is -0.860. The van der Waals surface area contributed by atoms with Crippen LogP contribution in [0.5, 0.6) is 0 Å². The minimum absolute atomic E-state index is 0.151. The molecule has 2 aromatic carbocycles. The van der Waals surface area contributed by atoms with E-state index in [1.807, 2.05) is 6.07 Å². The van der Waals surface area contributed by atoms with Gasteiger partial charge in [-0.05, 0) is 19.4 Å². The molecule has 0 aliphatic carbocycles. The number of benzene rings is 2. The van der Waals surface area contributed by atoms with Crippen LogP contribution in [0.15, 0.2) is 42.5 Å². The van der Waals surface area contributed by atoms with Gasteiger partial charge in [0.1, 0.15) is 0 Å². The lowest BCUT2D eigenvalue weighted by Crippen LogP contribution is -2.13. The van der Waals surface area contributed by atoms with Gasteiger partial charge in [-0.25, -0.2) is 4.79 Å². The lowest BCUT2D eigenvalue weighted by Gasteiger charge is -2.11. The van der Waals surface area contributed by atoms with Crippen LogP contribution in [-0.2, 0) is 11.3 Å². The highest BCUT2D eigenvalue weighted by Gasteiger charge is 2.29. The van der Waals surface area contributed by atoms with E-state index < -0.39 is 33.3 Å². The third-order valence-corrected chi connectivity index (χ3v) is 3.38. The summed E-state index contributed by atoms with van der Waals surface area (Å²) >= 11 is 0. The molecular formula is C17H17N3O6. The van der Waals surface area contributed by atoms with Crippen LogP contribution in [0.25, 0.3) is 0 Å². The van der Waals surface area contributed by atoms with Crippen molar-refractivity contribution in [1.29, 1.82) is 0 Å². The van der Waals surface area contributed by atoms with E-state index in [1.54, 1.807) is 38.1 Å². The van der Waals surface area contributed by atoms with Gasteiger partial charge in [0, 0.05) is 18.7 Å². The summed E-state index contributed by atoms with van der Waals surface area (Å²) in [4.78, 5) is 33.3. The topological polar surface area (TPSA) is 125 Å². The first-order valence-corrected chi connectivity index (χ1v) is 7.75. The molecule has 2 rings (SSSR count). The molecule has 0 aliphatic rings. The van der Waals surface area contributed by atoms with Gasteiger partial charge in [-0.3, -0.25) is 20.2 Å². The largest absolute Gasteiger partial charge is 0.459 e. The van der Waals surface area contributed by atoms with Crippen LogP contribution in [0.3, 0.4) is 0 Å². The summed E-state index contributed by atoms with van der Waals surface area (Å²) < 4.78 is 4.97. The van der Waals surface area contributed by atoms with Crippen molar-refractivity contribution in [3.63, 3.8) is 0 Å². The molecule has 2 aromatic rings. The van der Waals surface area contributed by atoms with Crippen LogP contribution in [0, 0.1) is 20.2 Å². The lowest BCUT2D eigenvalue weighted by atomic mass is 10.1. The van der Waals surface area contributed by atoms with E-state index in [0.29, 0.717) is 0 Å². The number of nitro benzene ring substituents is 2. The van der Waals surface area contributed by atoms with Gasteiger partial charge in [-0.2, -0.15) is 0 Å². The van der Waals surface area contributed by atoms with Crippen molar-refractivity contribution < 1.29 is 19.4 Å². The van der Waals surface area contributed by atoms with Crippen molar-refractivity contribution >= 4 is 23.0 Å². The molecule has 0 bridgehead atoms. The first-order valence-electron chi connectivity index (χ1n) is 7.75. The Hall–Kier alpha value is -3.49. The number of nitrogens with zero attached hydrogens (tertiary/aromatic N) is 2. The molecular weight excluding hydrogens is 342 g/mol.